The first-order chi connectivity index (χ1) is 8.25. The van der Waals surface area contributed by atoms with Crippen molar-refractivity contribution >= 4 is 12.2 Å². The van der Waals surface area contributed by atoms with Gasteiger partial charge in [-0.1, -0.05) is 29.4 Å². The smallest absolute Gasteiger partial charge is 0.214 e. The Kier molecular flexibility index (Phi) is 3.10. The third-order valence-corrected chi connectivity index (χ3v) is 1.91. The van der Waals surface area contributed by atoms with E-state index < -0.39 is 0 Å². The fourth-order valence-corrected chi connectivity index (χ4v) is 1.18. The molecule has 0 saturated heterocycles. The summed E-state index contributed by atoms with van der Waals surface area (Å²) in [5, 5.41) is 10.9. The zero-order valence-corrected chi connectivity index (χ0v) is 8.82. The number of nitrogens with two attached hydrogens (primary N) is 2. The van der Waals surface area contributed by atoms with Gasteiger partial charge < -0.3 is 16.0 Å². The lowest BCUT2D eigenvalue weighted by Gasteiger charge is -1.95. The molecule has 17 heavy (non-hydrogen) atoms. The van der Waals surface area contributed by atoms with Gasteiger partial charge in [0.15, 0.2) is 0 Å². The van der Waals surface area contributed by atoms with Crippen molar-refractivity contribution in [1.82, 2.24) is 10.1 Å². The fraction of sp³-hybridized carbons (Fsp3) is 0. The van der Waals surface area contributed by atoms with Gasteiger partial charge in [-0.15, -0.1) is 5.10 Å². The second-order valence-electron chi connectivity index (χ2n) is 3.15. The van der Waals surface area contributed by atoms with Crippen molar-refractivity contribution in [3.63, 3.8) is 0 Å². The SMILES string of the molecule is NC(N)=NN=Cc1ccc(-c2ncon2)cc1. The molecule has 0 atom stereocenters. The third kappa shape index (κ3) is 2.88. The molecule has 0 aliphatic rings. The van der Waals surface area contributed by atoms with Gasteiger partial charge in [0.1, 0.15) is 0 Å². The largest absolute Gasteiger partial charge is 0.369 e. The zero-order valence-electron chi connectivity index (χ0n) is 8.82. The van der Waals surface area contributed by atoms with Crippen LogP contribution in [-0.2, 0) is 0 Å². The van der Waals surface area contributed by atoms with E-state index >= 15 is 0 Å². The molecule has 0 unspecified atom stereocenters. The molecule has 0 spiro atoms. The van der Waals surface area contributed by atoms with Crippen molar-refractivity contribution in [2.45, 2.75) is 0 Å². The summed E-state index contributed by atoms with van der Waals surface area (Å²) in [5.41, 5.74) is 12.0. The number of aromatic nitrogens is 2. The fourth-order valence-electron chi connectivity index (χ4n) is 1.18. The quantitative estimate of drug-likeness (QED) is 0.448. The van der Waals surface area contributed by atoms with Crippen LogP contribution in [0.2, 0.25) is 0 Å². The van der Waals surface area contributed by atoms with Crippen molar-refractivity contribution in [3.8, 4) is 11.4 Å². The zero-order chi connectivity index (χ0) is 12.1. The van der Waals surface area contributed by atoms with E-state index in [2.05, 4.69) is 24.9 Å². The van der Waals surface area contributed by atoms with Gasteiger partial charge in [-0.25, -0.2) is 0 Å². The van der Waals surface area contributed by atoms with Gasteiger partial charge >= 0.3 is 0 Å². The molecule has 2 aromatic rings. The van der Waals surface area contributed by atoms with E-state index in [9.17, 15) is 0 Å². The average Bonchev–Trinajstić information content (AvgIpc) is 2.83. The van der Waals surface area contributed by atoms with Crippen molar-refractivity contribution in [2.75, 3.05) is 0 Å². The first-order valence-corrected chi connectivity index (χ1v) is 4.74. The first-order valence-electron chi connectivity index (χ1n) is 4.74. The lowest BCUT2D eigenvalue weighted by molar-refractivity contribution is 0.419. The number of hydrogen-bond donors (Lipinski definition) is 2. The molecule has 1 heterocycles. The summed E-state index contributed by atoms with van der Waals surface area (Å²) in [7, 11) is 0. The van der Waals surface area contributed by atoms with E-state index in [1.54, 1.807) is 6.21 Å². The van der Waals surface area contributed by atoms with Crippen LogP contribution in [0.4, 0.5) is 0 Å². The summed E-state index contributed by atoms with van der Waals surface area (Å²) in [6.45, 7) is 0. The Morgan fingerprint density at radius 3 is 2.59 bits per heavy atom. The Balaban J connectivity index is 2.14. The highest BCUT2D eigenvalue weighted by Crippen LogP contribution is 2.14. The average molecular weight is 230 g/mol. The van der Waals surface area contributed by atoms with Crippen molar-refractivity contribution in [2.24, 2.45) is 21.7 Å². The molecule has 7 heteroatoms. The topological polar surface area (TPSA) is 116 Å². The van der Waals surface area contributed by atoms with Crippen LogP contribution >= 0.6 is 0 Å². The van der Waals surface area contributed by atoms with Crippen LogP contribution < -0.4 is 11.5 Å². The third-order valence-electron chi connectivity index (χ3n) is 1.91. The van der Waals surface area contributed by atoms with Gasteiger partial charge in [-0.05, 0) is 5.56 Å². The molecule has 1 aromatic carbocycles. The molecular weight excluding hydrogens is 220 g/mol. The maximum absolute atomic E-state index is 5.13. The van der Waals surface area contributed by atoms with Crippen molar-refractivity contribution in [3.05, 3.63) is 36.2 Å². The molecular formula is C10H10N6O. The summed E-state index contributed by atoms with van der Waals surface area (Å²) in [4.78, 5) is 3.94. The summed E-state index contributed by atoms with van der Waals surface area (Å²) in [5.74, 6) is 0.461. The van der Waals surface area contributed by atoms with E-state index in [0.29, 0.717) is 5.82 Å². The van der Waals surface area contributed by atoms with Gasteiger partial charge in [0.05, 0.1) is 6.21 Å². The Morgan fingerprint density at radius 1 is 1.24 bits per heavy atom. The molecule has 0 fully saturated rings. The molecule has 0 aliphatic heterocycles. The van der Waals surface area contributed by atoms with Crippen LogP contribution in [0.1, 0.15) is 5.56 Å². The minimum absolute atomic E-state index is 0.0790. The molecule has 0 aliphatic carbocycles. The van der Waals surface area contributed by atoms with Crippen molar-refractivity contribution < 1.29 is 4.52 Å². The Morgan fingerprint density at radius 2 is 2.00 bits per heavy atom. The highest BCUT2D eigenvalue weighted by molar-refractivity contribution is 5.82. The maximum Gasteiger partial charge on any atom is 0.214 e. The summed E-state index contributed by atoms with van der Waals surface area (Å²) in [6, 6.07) is 7.39. The number of nitrogens with zero attached hydrogens (tertiary/aromatic N) is 4. The van der Waals surface area contributed by atoms with E-state index in [0.717, 1.165) is 11.1 Å². The van der Waals surface area contributed by atoms with Crippen molar-refractivity contribution in [1.29, 1.82) is 0 Å². The standard InChI is InChI=1S/C10H10N6O/c11-10(12)15-14-5-7-1-3-8(4-2-7)9-13-6-17-16-9/h1-6H,(H4,11,12,15). The summed E-state index contributed by atoms with van der Waals surface area (Å²) < 4.78 is 4.66. The van der Waals surface area contributed by atoms with Crippen LogP contribution in [0.3, 0.4) is 0 Å². The number of benzene rings is 1. The lowest BCUT2D eigenvalue weighted by atomic mass is 10.1. The molecule has 0 amide bonds. The predicted molar refractivity (Wildman–Crippen MR) is 63.1 cm³/mol. The maximum atomic E-state index is 5.13. The predicted octanol–water partition coefficient (Wildman–Crippen LogP) is 0.344. The molecule has 0 bridgehead atoms. The molecule has 86 valence electrons. The molecule has 7 nitrogen and oxygen atoms in total. The van der Waals surface area contributed by atoms with E-state index in [4.69, 9.17) is 11.5 Å². The minimum Gasteiger partial charge on any atom is -0.369 e. The molecule has 0 radical (unpaired) electrons. The van der Waals surface area contributed by atoms with Crippen LogP contribution in [0.5, 0.6) is 0 Å². The van der Waals surface area contributed by atoms with Crippen LogP contribution in [0.15, 0.2) is 45.4 Å². The van der Waals surface area contributed by atoms with Gasteiger partial charge in [0.25, 0.3) is 0 Å². The van der Waals surface area contributed by atoms with Crippen LogP contribution in [0, 0.1) is 0 Å². The number of guanidine groups is 1. The Hall–Kier alpha value is -2.70. The molecule has 4 N–H and O–H groups in total. The Labute approximate surface area is 96.8 Å². The normalized spacial score (nSPS) is 10.6. The highest BCUT2D eigenvalue weighted by atomic mass is 16.5. The molecule has 2 rings (SSSR count). The van der Waals surface area contributed by atoms with Crippen LogP contribution in [0.25, 0.3) is 11.4 Å². The highest BCUT2D eigenvalue weighted by Gasteiger charge is 2.01. The summed E-state index contributed by atoms with van der Waals surface area (Å²) in [6.07, 6.45) is 2.82. The first kappa shape index (κ1) is 10.8. The second-order valence-corrected chi connectivity index (χ2v) is 3.15. The van der Waals surface area contributed by atoms with Gasteiger partial charge in [0, 0.05) is 5.56 Å². The van der Waals surface area contributed by atoms with E-state index in [1.807, 2.05) is 24.3 Å². The van der Waals surface area contributed by atoms with E-state index in [1.165, 1.54) is 6.39 Å². The van der Waals surface area contributed by atoms with Crippen LogP contribution in [-0.4, -0.2) is 22.3 Å². The van der Waals surface area contributed by atoms with Gasteiger partial charge in [0.2, 0.25) is 18.2 Å². The monoisotopic (exact) mass is 230 g/mol. The lowest BCUT2D eigenvalue weighted by Crippen LogP contribution is -2.21. The Bertz CT molecular complexity index is 524. The number of rotatable bonds is 3. The minimum atomic E-state index is -0.0790. The molecule has 1 aromatic heterocycles. The summed E-state index contributed by atoms with van der Waals surface area (Å²) >= 11 is 0. The van der Waals surface area contributed by atoms with E-state index in [-0.39, 0.29) is 5.96 Å². The van der Waals surface area contributed by atoms with Gasteiger partial charge in [-0.2, -0.15) is 10.1 Å². The molecule has 0 saturated carbocycles. The second kappa shape index (κ2) is 4.88. The number of hydrogen-bond acceptors (Lipinski definition) is 5. The van der Waals surface area contributed by atoms with Gasteiger partial charge in [-0.3, -0.25) is 0 Å².